The van der Waals surface area contributed by atoms with Crippen LogP contribution in [0.3, 0.4) is 0 Å². The average molecular weight is 594 g/mol. The fraction of sp³-hybridized carbons (Fsp3) is 0.103. The van der Waals surface area contributed by atoms with Crippen LogP contribution >= 0.6 is 0 Å². The van der Waals surface area contributed by atoms with Crippen molar-refractivity contribution >= 4 is 11.9 Å². The Bertz CT molecular complexity index is 1730. The maximum absolute atomic E-state index is 12.7. The summed E-state index contributed by atoms with van der Waals surface area (Å²) in [6.07, 6.45) is -2.60. The maximum atomic E-state index is 12.7. The van der Waals surface area contributed by atoms with Crippen molar-refractivity contribution < 1.29 is 69.8 Å². The molecular formula is C29H22O14. The van der Waals surface area contributed by atoms with Gasteiger partial charge in [-0.3, -0.25) is 0 Å². The van der Waals surface area contributed by atoms with Crippen LogP contribution in [0.25, 0.3) is 0 Å². The van der Waals surface area contributed by atoms with E-state index in [4.69, 9.17) is 14.2 Å². The molecule has 2 atom stereocenters. The molecule has 0 aliphatic carbocycles. The Balaban J connectivity index is 1.40. The third kappa shape index (κ3) is 5.49. The van der Waals surface area contributed by atoms with E-state index in [1.807, 2.05) is 0 Å². The molecule has 0 radical (unpaired) electrons. The Kier molecular flexibility index (Phi) is 7.13. The lowest BCUT2D eigenvalue weighted by molar-refractivity contribution is 0.0193. The van der Waals surface area contributed by atoms with Crippen LogP contribution in [-0.4, -0.2) is 64.0 Å². The van der Waals surface area contributed by atoms with Crippen molar-refractivity contribution in [2.24, 2.45) is 0 Å². The number of aromatic hydroxyl groups is 8. The molecule has 1 heterocycles. The van der Waals surface area contributed by atoms with Gasteiger partial charge in [-0.05, 0) is 42.0 Å². The van der Waals surface area contributed by atoms with E-state index in [0.29, 0.717) is 0 Å². The van der Waals surface area contributed by atoms with Gasteiger partial charge in [0, 0.05) is 24.1 Å². The van der Waals surface area contributed by atoms with Gasteiger partial charge in [0.1, 0.15) is 23.4 Å². The van der Waals surface area contributed by atoms with Gasteiger partial charge in [0.05, 0.1) is 17.2 Å². The second-order valence-corrected chi connectivity index (χ2v) is 9.46. The van der Waals surface area contributed by atoms with Crippen molar-refractivity contribution in [2.75, 3.05) is 0 Å². The highest BCUT2D eigenvalue weighted by Gasteiger charge is 2.34. The number of phenols is 8. The largest absolute Gasteiger partial charge is 0.508 e. The van der Waals surface area contributed by atoms with Gasteiger partial charge in [-0.1, -0.05) is 6.07 Å². The number of hydrogen-bond acceptors (Lipinski definition) is 14. The molecule has 4 aromatic carbocycles. The fourth-order valence-corrected chi connectivity index (χ4v) is 4.38. The van der Waals surface area contributed by atoms with Crippen molar-refractivity contribution in [1.82, 2.24) is 0 Å². The molecular weight excluding hydrogens is 572 g/mol. The number of fused-ring (bicyclic) bond motifs is 1. The van der Waals surface area contributed by atoms with Crippen LogP contribution < -0.4 is 14.2 Å². The van der Waals surface area contributed by atoms with E-state index in [0.717, 1.165) is 36.4 Å². The standard InChI is InChI=1S/C29H22O14/c30-14-8-22-15(23(9-14)42-28(39)12-3-17(32)25(37)18(33)4-12)10-21(36)27(41-22)11-1-2-16(31)24(7-11)43-29(40)13-5-19(34)26(38)20(35)6-13/h1-9,21,27,30-38H,10H2. The summed E-state index contributed by atoms with van der Waals surface area (Å²) in [5.41, 5.74) is -0.286. The Morgan fingerprint density at radius 3 is 1.70 bits per heavy atom. The molecule has 14 heteroatoms. The van der Waals surface area contributed by atoms with E-state index in [9.17, 15) is 55.5 Å². The maximum Gasteiger partial charge on any atom is 0.343 e. The molecule has 1 aliphatic heterocycles. The van der Waals surface area contributed by atoms with Crippen LogP contribution in [0.2, 0.25) is 0 Å². The van der Waals surface area contributed by atoms with Crippen LogP contribution in [0.5, 0.6) is 63.2 Å². The first-order valence-electron chi connectivity index (χ1n) is 12.3. The number of rotatable bonds is 5. The number of ether oxygens (including phenoxy) is 3. The van der Waals surface area contributed by atoms with E-state index in [-0.39, 0.29) is 51.7 Å². The Morgan fingerprint density at radius 2 is 1.16 bits per heavy atom. The fourth-order valence-electron chi connectivity index (χ4n) is 4.38. The van der Waals surface area contributed by atoms with Gasteiger partial charge < -0.3 is 60.2 Å². The lowest BCUT2D eigenvalue weighted by Crippen LogP contribution is -2.31. The summed E-state index contributed by atoms with van der Waals surface area (Å²) >= 11 is 0. The molecule has 0 aromatic heterocycles. The summed E-state index contributed by atoms with van der Waals surface area (Å²) in [6.45, 7) is 0. The molecule has 0 saturated heterocycles. The molecule has 0 bridgehead atoms. The van der Waals surface area contributed by atoms with Crippen LogP contribution in [0, 0.1) is 0 Å². The predicted molar refractivity (Wildman–Crippen MR) is 142 cm³/mol. The monoisotopic (exact) mass is 594 g/mol. The summed E-state index contributed by atoms with van der Waals surface area (Å²) < 4.78 is 16.4. The lowest BCUT2D eigenvalue weighted by Gasteiger charge is -2.32. The zero-order valence-corrected chi connectivity index (χ0v) is 21.6. The van der Waals surface area contributed by atoms with Crippen molar-refractivity contribution in [3.8, 4) is 63.2 Å². The number of phenolic OH excluding ortho intramolecular Hbond substituents is 8. The normalized spacial score (nSPS) is 15.7. The smallest absolute Gasteiger partial charge is 0.343 e. The van der Waals surface area contributed by atoms with E-state index in [1.165, 1.54) is 18.2 Å². The molecule has 2 unspecified atom stereocenters. The van der Waals surface area contributed by atoms with Crippen molar-refractivity contribution in [2.45, 2.75) is 18.6 Å². The highest BCUT2D eigenvalue weighted by Crippen LogP contribution is 2.44. The molecule has 14 nitrogen and oxygen atoms in total. The molecule has 222 valence electrons. The first-order valence-corrected chi connectivity index (χ1v) is 12.3. The molecule has 5 rings (SSSR count). The Morgan fingerprint density at radius 1 is 0.651 bits per heavy atom. The van der Waals surface area contributed by atoms with Gasteiger partial charge in [-0.15, -0.1) is 0 Å². The molecule has 1 aliphatic rings. The zero-order chi connectivity index (χ0) is 31.2. The van der Waals surface area contributed by atoms with Crippen molar-refractivity contribution in [1.29, 1.82) is 0 Å². The molecule has 43 heavy (non-hydrogen) atoms. The summed E-state index contributed by atoms with van der Waals surface area (Å²) in [5, 5.41) is 89.2. The second kappa shape index (κ2) is 10.8. The van der Waals surface area contributed by atoms with Crippen molar-refractivity contribution in [3.05, 3.63) is 76.9 Å². The Labute approximate surface area is 240 Å². The number of esters is 2. The van der Waals surface area contributed by atoms with Gasteiger partial charge in [-0.2, -0.15) is 0 Å². The molecule has 0 amide bonds. The van der Waals surface area contributed by atoms with Crippen LogP contribution in [0.4, 0.5) is 0 Å². The van der Waals surface area contributed by atoms with Gasteiger partial charge in [0.2, 0.25) is 0 Å². The summed E-state index contributed by atoms with van der Waals surface area (Å²) in [5.74, 6) is -8.39. The van der Waals surface area contributed by atoms with Gasteiger partial charge in [-0.25, -0.2) is 9.59 Å². The van der Waals surface area contributed by atoms with E-state index in [1.54, 1.807) is 0 Å². The predicted octanol–water partition coefficient (Wildman–Crippen LogP) is 2.81. The minimum atomic E-state index is -1.30. The van der Waals surface area contributed by atoms with Gasteiger partial charge in [0.15, 0.2) is 46.0 Å². The molecule has 0 fully saturated rings. The van der Waals surface area contributed by atoms with E-state index >= 15 is 0 Å². The molecule has 0 spiro atoms. The lowest BCUT2D eigenvalue weighted by atomic mass is 9.93. The summed E-state index contributed by atoms with van der Waals surface area (Å²) in [7, 11) is 0. The zero-order valence-electron chi connectivity index (χ0n) is 21.6. The Hall–Kier alpha value is -6.02. The number of hydrogen-bond donors (Lipinski definition) is 9. The molecule has 0 saturated carbocycles. The first-order chi connectivity index (χ1) is 20.3. The van der Waals surface area contributed by atoms with E-state index < -0.39 is 64.4 Å². The summed E-state index contributed by atoms with van der Waals surface area (Å²) in [4.78, 5) is 25.3. The third-order valence-corrected chi connectivity index (χ3v) is 6.50. The SMILES string of the molecule is O=C(Oc1cc(C2Oc3cc(O)cc(OC(=O)c4cc(O)c(O)c(O)c4)c3CC2O)ccc1O)c1cc(O)c(O)c(O)c1. The first kappa shape index (κ1) is 28.5. The quantitative estimate of drug-likeness (QED) is 0.0916. The number of aliphatic hydroxyl groups is 1. The van der Waals surface area contributed by atoms with Crippen LogP contribution in [-0.2, 0) is 6.42 Å². The van der Waals surface area contributed by atoms with Crippen LogP contribution in [0.15, 0.2) is 54.6 Å². The van der Waals surface area contributed by atoms with Gasteiger partial charge >= 0.3 is 11.9 Å². The third-order valence-electron chi connectivity index (χ3n) is 6.50. The topological polar surface area (TPSA) is 244 Å². The number of aliphatic hydroxyl groups excluding tert-OH is 1. The molecule has 9 N–H and O–H groups in total. The second-order valence-electron chi connectivity index (χ2n) is 9.46. The minimum absolute atomic E-state index is 0.0103. The highest BCUT2D eigenvalue weighted by atomic mass is 16.5. The van der Waals surface area contributed by atoms with Crippen LogP contribution in [0.1, 0.15) is 37.9 Å². The van der Waals surface area contributed by atoms with Crippen molar-refractivity contribution in [3.63, 3.8) is 0 Å². The summed E-state index contributed by atoms with van der Waals surface area (Å²) in [6, 6.07) is 9.41. The minimum Gasteiger partial charge on any atom is -0.508 e. The van der Waals surface area contributed by atoms with E-state index in [2.05, 4.69) is 0 Å². The number of benzene rings is 4. The average Bonchev–Trinajstić information content (AvgIpc) is 2.95. The number of carbonyl (C=O) groups excluding carboxylic acids is 2. The van der Waals surface area contributed by atoms with Gasteiger partial charge in [0.25, 0.3) is 0 Å². The highest BCUT2D eigenvalue weighted by molar-refractivity contribution is 5.93. The molecule has 4 aromatic rings. The number of carbonyl (C=O) groups is 2.